The number of nitrogens with zero attached hydrogens (tertiary/aromatic N) is 2. The van der Waals surface area contributed by atoms with E-state index in [1.807, 2.05) is 0 Å². The Kier molecular flexibility index (Phi) is 2.00. The summed E-state index contributed by atoms with van der Waals surface area (Å²) in [5, 5.41) is 22.7. The first-order valence-corrected chi connectivity index (χ1v) is 4.37. The van der Waals surface area contributed by atoms with Gasteiger partial charge in [-0.25, -0.2) is 0 Å². The van der Waals surface area contributed by atoms with E-state index in [-0.39, 0.29) is 5.69 Å². The number of nitro groups is 1. The fourth-order valence-electron chi connectivity index (χ4n) is 1.51. The van der Waals surface area contributed by atoms with Gasteiger partial charge in [0.25, 0.3) is 5.69 Å². The summed E-state index contributed by atoms with van der Waals surface area (Å²) in [5.41, 5.74) is 0.796. The summed E-state index contributed by atoms with van der Waals surface area (Å²) in [7, 11) is 0. The molecule has 1 heterocycles. The van der Waals surface area contributed by atoms with Gasteiger partial charge in [-0.3, -0.25) is 10.1 Å². The fourth-order valence-corrected chi connectivity index (χ4v) is 1.51. The van der Waals surface area contributed by atoms with E-state index in [9.17, 15) is 15.3 Å². The molecule has 0 bridgehead atoms. The van der Waals surface area contributed by atoms with E-state index in [0.29, 0.717) is 21.3 Å². The zero-order valence-electron chi connectivity index (χ0n) is 8.01. The van der Waals surface area contributed by atoms with Crippen molar-refractivity contribution in [2.24, 2.45) is 0 Å². The minimum absolute atomic E-state index is 0.0444. The maximum atomic E-state index is 11.6. The van der Waals surface area contributed by atoms with Crippen molar-refractivity contribution >= 4 is 16.6 Å². The third-order valence-electron chi connectivity index (χ3n) is 2.29. The summed E-state index contributed by atoms with van der Waals surface area (Å²) in [6.07, 6.45) is 0. The van der Waals surface area contributed by atoms with E-state index < -0.39 is 4.92 Å². The van der Waals surface area contributed by atoms with Crippen molar-refractivity contribution in [3.63, 3.8) is 0 Å². The Hall–Kier alpha value is -2.17. The molecule has 2 aromatic rings. The summed E-state index contributed by atoms with van der Waals surface area (Å²) in [4.78, 5) is 10.2. The molecule has 2 rings (SSSR count). The van der Waals surface area contributed by atoms with Crippen molar-refractivity contribution in [1.29, 1.82) is 0 Å². The van der Waals surface area contributed by atoms with Crippen molar-refractivity contribution in [2.75, 3.05) is 0 Å². The highest BCUT2D eigenvalue weighted by molar-refractivity contribution is 5.85. The highest BCUT2D eigenvalue weighted by atomic mass is 16.6. The predicted molar refractivity (Wildman–Crippen MR) is 54.3 cm³/mol. The van der Waals surface area contributed by atoms with Gasteiger partial charge in [-0.05, 0) is 12.1 Å². The monoisotopic (exact) mass is 204 g/mol. The highest BCUT2D eigenvalue weighted by Crippen LogP contribution is 2.22. The van der Waals surface area contributed by atoms with Gasteiger partial charge >= 0.3 is 0 Å². The number of fused-ring (bicyclic) bond motifs is 1. The number of non-ortho nitro benzene ring substituents is 1. The van der Waals surface area contributed by atoms with Gasteiger partial charge in [0.15, 0.2) is 5.69 Å². The molecule has 0 unspecified atom stereocenters. The molecule has 1 aromatic carbocycles. The molecule has 0 fully saturated rings. The number of nitro benzene ring substituents is 1. The van der Waals surface area contributed by atoms with Crippen LogP contribution in [0, 0.1) is 22.2 Å². The van der Waals surface area contributed by atoms with E-state index in [2.05, 4.69) is 0 Å². The van der Waals surface area contributed by atoms with Crippen molar-refractivity contribution < 1.29 is 9.65 Å². The largest absolute Gasteiger partial charge is 0.618 e. The molecule has 76 valence electrons. The van der Waals surface area contributed by atoms with E-state index >= 15 is 0 Å². The molecule has 0 radical (unpaired) electrons. The van der Waals surface area contributed by atoms with Gasteiger partial charge in [-0.2, -0.15) is 4.73 Å². The summed E-state index contributed by atoms with van der Waals surface area (Å²) in [6.45, 7) is 1.66. The van der Waals surface area contributed by atoms with Gasteiger partial charge in [0.2, 0.25) is 5.52 Å². The molecule has 5 nitrogen and oxygen atoms in total. The second kappa shape index (κ2) is 3.20. The highest BCUT2D eigenvalue weighted by Gasteiger charge is 2.16. The standard InChI is InChI=1S/C10H8N2O3/c1-7-5-6-8-9(11(7)13)3-2-4-10(8)12(14)15/h2-6H,1H3. The molecular weight excluding hydrogens is 196 g/mol. The van der Waals surface area contributed by atoms with Gasteiger partial charge in [0, 0.05) is 25.1 Å². The number of benzene rings is 1. The minimum atomic E-state index is -0.488. The first-order chi connectivity index (χ1) is 7.11. The van der Waals surface area contributed by atoms with Crippen LogP contribution in [0.15, 0.2) is 30.3 Å². The van der Waals surface area contributed by atoms with Crippen LogP contribution in [-0.4, -0.2) is 4.92 Å². The van der Waals surface area contributed by atoms with E-state index in [0.717, 1.165) is 0 Å². The van der Waals surface area contributed by atoms with Gasteiger partial charge in [0.05, 0.1) is 4.92 Å². The van der Waals surface area contributed by atoms with Crippen LogP contribution in [0.2, 0.25) is 0 Å². The first kappa shape index (κ1) is 9.39. The van der Waals surface area contributed by atoms with Crippen molar-refractivity contribution in [3.05, 3.63) is 51.3 Å². The zero-order chi connectivity index (χ0) is 11.0. The van der Waals surface area contributed by atoms with Crippen LogP contribution >= 0.6 is 0 Å². The first-order valence-electron chi connectivity index (χ1n) is 4.37. The average molecular weight is 204 g/mol. The molecule has 0 amide bonds. The Labute approximate surface area is 85.3 Å². The lowest BCUT2D eigenvalue weighted by molar-refractivity contribution is -0.584. The molecule has 1 aromatic heterocycles. The summed E-state index contributed by atoms with van der Waals surface area (Å²) >= 11 is 0. The van der Waals surface area contributed by atoms with Crippen LogP contribution in [0.3, 0.4) is 0 Å². The van der Waals surface area contributed by atoms with Gasteiger partial charge in [0.1, 0.15) is 5.39 Å². The van der Waals surface area contributed by atoms with Gasteiger partial charge in [-0.1, -0.05) is 0 Å². The Balaban J connectivity index is 2.89. The maximum absolute atomic E-state index is 11.6. The molecule has 0 spiro atoms. The molecular formula is C10H8N2O3. The molecule has 0 saturated carbocycles. The number of aryl methyl sites for hydroxylation is 1. The second-order valence-electron chi connectivity index (χ2n) is 3.24. The summed E-state index contributed by atoms with van der Waals surface area (Å²) in [5.74, 6) is 0. The normalized spacial score (nSPS) is 10.5. The number of hydrogen-bond acceptors (Lipinski definition) is 3. The minimum Gasteiger partial charge on any atom is -0.618 e. The third-order valence-corrected chi connectivity index (χ3v) is 2.29. The van der Waals surface area contributed by atoms with Crippen molar-refractivity contribution in [2.45, 2.75) is 6.92 Å². The number of pyridine rings is 1. The van der Waals surface area contributed by atoms with Crippen molar-refractivity contribution in [1.82, 2.24) is 0 Å². The third kappa shape index (κ3) is 1.38. The molecule has 15 heavy (non-hydrogen) atoms. The van der Waals surface area contributed by atoms with E-state index in [1.54, 1.807) is 25.1 Å². The fraction of sp³-hybridized carbons (Fsp3) is 0.100. The molecule has 0 aliphatic rings. The van der Waals surface area contributed by atoms with Gasteiger partial charge < -0.3 is 5.21 Å². The number of aromatic nitrogens is 1. The summed E-state index contributed by atoms with van der Waals surface area (Å²) < 4.78 is 0.697. The Morgan fingerprint density at radius 3 is 2.67 bits per heavy atom. The molecule has 5 heteroatoms. The maximum Gasteiger partial charge on any atom is 0.283 e. The van der Waals surface area contributed by atoms with E-state index in [4.69, 9.17) is 0 Å². The molecule has 0 aliphatic carbocycles. The van der Waals surface area contributed by atoms with Crippen LogP contribution in [0.5, 0.6) is 0 Å². The predicted octanol–water partition coefficient (Wildman–Crippen LogP) is 1.69. The topological polar surface area (TPSA) is 70.1 Å². The Morgan fingerprint density at radius 1 is 1.27 bits per heavy atom. The zero-order valence-corrected chi connectivity index (χ0v) is 8.01. The van der Waals surface area contributed by atoms with Crippen LogP contribution in [0.25, 0.3) is 10.9 Å². The van der Waals surface area contributed by atoms with Crippen LogP contribution in [0.1, 0.15) is 5.69 Å². The SMILES string of the molecule is Cc1ccc2c([N+](=O)[O-])cccc2[n+]1[O-]. The lowest BCUT2D eigenvalue weighted by atomic mass is 10.1. The lowest BCUT2D eigenvalue weighted by Crippen LogP contribution is -2.30. The molecule has 0 saturated heterocycles. The Morgan fingerprint density at radius 2 is 2.00 bits per heavy atom. The molecule has 0 aliphatic heterocycles. The molecule has 0 N–H and O–H groups in total. The quantitative estimate of drug-likeness (QED) is 0.307. The van der Waals surface area contributed by atoms with E-state index in [1.165, 1.54) is 12.1 Å². The molecule has 0 atom stereocenters. The smallest absolute Gasteiger partial charge is 0.283 e. The Bertz CT molecular complexity index is 552. The van der Waals surface area contributed by atoms with Crippen LogP contribution < -0.4 is 4.73 Å². The average Bonchev–Trinajstić information content (AvgIpc) is 2.23. The van der Waals surface area contributed by atoms with Gasteiger partial charge in [-0.15, -0.1) is 0 Å². The number of rotatable bonds is 1. The van der Waals surface area contributed by atoms with Crippen LogP contribution in [-0.2, 0) is 0 Å². The second-order valence-corrected chi connectivity index (χ2v) is 3.24. The van der Waals surface area contributed by atoms with Crippen LogP contribution in [0.4, 0.5) is 5.69 Å². The summed E-state index contributed by atoms with van der Waals surface area (Å²) in [6, 6.07) is 7.63. The van der Waals surface area contributed by atoms with Crippen molar-refractivity contribution in [3.8, 4) is 0 Å². The lowest BCUT2D eigenvalue weighted by Gasteiger charge is -2.04. The number of hydrogen-bond donors (Lipinski definition) is 0.